The molecule has 0 aliphatic heterocycles. The first-order chi connectivity index (χ1) is 12.9. The first-order valence-electron chi connectivity index (χ1n) is 7.97. The van der Waals surface area contributed by atoms with Crippen LogP contribution in [0.5, 0.6) is 5.75 Å². The molecule has 0 radical (unpaired) electrons. The highest BCUT2D eigenvalue weighted by atomic mass is 35.5. The Morgan fingerprint density at radius 3 is 2.30 bits per heavy atom. The molecule has 1 N–H and O–H groups in total. The van der Waals surface area contributed by atoms with E-state index in [4.69, 9.17) is 32.7 Å². The number of nitrogens with one attached hydrogen (secondary N) is 1. The average molecular weight is 410 g/mol. The van der Waals surface area contributed by atoms with E-state index in [1.165, 1.54) is 13.2 Å². The predicted molar refractivity (Wildman–Crippen MR) is 103 cm³/mol. The molecule has 6 nitrogen and oxygen atoms in total. The van der Waals surface area contributed by atoms with E-state index in [0.29, 0.717) is 27.0 Å². The summed E-state index contributed by atoms with van der Waals surface area (Å²) in [6.07, 6.45) is -0.237. The van der Waals surface area contributed by atoms with E-state index in [2.05, 4.69) is 5.32 Å². The highest BCUT2D eigenvalue weighted by Crippen LogP contribution is 2.25. The van der Waals surface area contributed by atoms with Gasteiger partial charge in [-0.25, -0.2) is 0 Å². The van der Waals surface area contributed by atoms with Crippen molar-refractivity contribution in [3.8, 4) is 5.75 Å². The molecule has 0 bridgehead atoms. The third-order valence-electron chi connectivity index (χ3n) is 3.54. The molecule has 0 saturated carbocycles. The summed E-state index contributed by atoms with van der Waals surface area (Å²) >= 11 is 11.7. The number of benzene rings is 2. The fourth-order valence-corrected chi connectivity index (χ4v) is 2.39. The molecular formula is C19H17Cl2NO5. The second kappa shape index (κ2) is 9.94. The van der Waals surface area contributed by atoms with E-state index in [-0.39, 0.29) is 31.1 Å². The molecule has 27 heavy (non-hydrogen) atoms. The van der Waals surface area contributed by atoms with Gasteiger partial charge in [-0.1, -0.05) is 23.2 Å². The average Bonchev–Trinajstić information content (AvgIpc) is 2.67. The van der Waals surface area contributed by atoms with Crippen molar-refractivity contribution in [3.63, 3.8) is 0 Å². The van der Waals surface area contributed by atoms with E-state index in [9.17, 15) is 14.4 Å². The number of methoxy groups -OCH3 is 1. The molecule has 142 valence electrons. The minimum absolute atomic E-state index is 0.0875. The van der Waals surface area contributed by atoms with Crippen molar-refractivity contribution < 1.29 is 23.9 Å². The molecule has 0 aliphatic rings. The number of carbonyl (C=O) groups is 3. The Morgan fingerprint density at radius 2 is 1.67 bits per heavy atom. The number of hydrogen-bond donors (Lipinski definition) is 1. The van der Waals surface area contributed by atoms with Crippen molar-refractivity contribution in [1.29, 1.82) is 0 Å². The molecule has 0 saturated heterocycles. The lowest BCUT2D eigenvalue weighted by Gasteiger charge is -2.07. The molecule has 2 aromatic carbocycles. The van der Waals surface area contributed by atoms with E-state index in [0.717, 1.165) is 0 Å². The van der Waals surface area contributed by atoms with Gasteiger partial charge in [-0.2, -0.15) is 0 Å². The Labute approximate surface area is 166 Å². The van der Waals surface area contributed by atoms with Crippen molar-refractivity contribution in [1.82, 2.24) is 0 Å². The van der Waals surface area contributed by atoms with Crippen LogP contribution in [0.2, 0.25) is 10.0 Å². The lowest BCUT2D eigenvalue weighted by molar-refractivity contribution is -0.143. The summed E-state index contributed by atoms with van der Waals surface area (Å²) in [4.78, 5) is 35.5. The number of carbonyl (C=O) groups excluding carboxylic acids is 3. The minimum atomic E-state index is -0.638. The van der Waals surface area contributed by atoms with Crippen LogP contribution in [0.3, 0.4) is 0 Å². The fourth-order valence-electron chi connectivity index (χ4n) is 2.09. The first-order valence-corrected chi connectivity index (χ1v) is 8.72. The van der Waals surface area contributed by atoms with Crippen LogP contribution in [0.4, 0.5) is 5.69 Å². The SMILES string of the molecule is COc1ccc(C(=O)COC(=O)CCC(=O)Nc2ccc(Cl)c(Cl)c2)cc1. The minimum Gasteiger partial charge on any atom is -0.497 e. The second-order valence-electron chi connectivity index (χ2n) is 5.49. The molecule has 0 aromatic heterocycles. The van der Waals surface area contributed by atoms with Gasteiger partial charge in [-0.3, -0.25) is 14.4 Å². The zero-order chi connectivity index (χ0) is 19.8. The Bertz CT molecular complexity index is 836. The van der Waals surface area contributed by atoms with Crippen LogP contribution in [-0.4, -0.2) is 31.4 Å². The lowest BCUT2D eigenvalue weighted by atomic mass is 10.1. The van der Waals surface area contributed by atoms with Crippen LogP contribution < -0.4 is 10.1 Å². The van der Waals surface area contributed by atoms with Crippen LogP contribution in [0, 0.1) is 0 Å². The van der Waals surface area contributed by atoms with Gasteiger partial charge in [0.15, 0.2) is 12.4 Å². The summed E-state index contributed by atoms with van der Waals surface area (Å²) in [5.74, 6) is -0.740. The summed E-state index contributed by atoms with van der Waals surface area (Å²) in [6.45, 7) is -0.389. The summed E-state index contributed by atoms with van der Waals surface area (Å²) in [5, 5.41) is 3.28. The molecule has 0 spiro atoms. The number of ketones is 1. The summed E-state index contributed by atoms with van der Waals surface area (Å²) in [6, 6.07) is 11.1. The number of amides is 1. The molecule has 2 aromatic rings. The van der Waals surface area contributed by atoms with Gasteiger partial charge >= 0.3 is 5.97 Å². The van der Waals surface area contributed by atoms with Gasteiger partial charge in [0.1, 0.15) is 5.75 Å². The lowest BCUT2D eigenvalue weighted by Crippen LogP contribution is -2.17. The maximum absolute atomic E-state index is 12.0. The quantitative estimate of drug-likeness (QED) is 0.523. The van der Waals surface area contributed by atoms with E-state index in [1.54, 1.807) is 36.4 Å². The van der Waals surface area contributed by atoms with Crippen LogP contribution in [-0.2, 0) is 14.3 Å². The van der Waals surface area contributed by atoms with E-state index < -0.39 is 5.97 Å². The normalized spacial score (nSPS) is 10.2. The van der Waals surface area contributed by atoms with Crippen molar-refractivity contribution in [2.75, 3.05) is 19.0 Å². The maximum Gasteiger partial charge on any atom is 0.306 e. The van der Waals surface area contributed by atoms with Gasteiger partial charge in [0.05, 0.1) is 23.6 Å². The van der Waals surface area contributed by atoms with E-state index >= 15 is 0 Å². The second-order valence-corrected chi connectivity index (χ2v) is 6.30. The Hall–Kier alpha value is -2.57. The molecule has 0 heterocycles. The molecule has 8 heteroatoms. The van der Waals surface area contributed by atoms with Crippen LogP contribution in [0.1, 0.15) is 23.2 Å². The zero-order valence-corrected chi connectivity index (χ0v) is 16.0. The number of ether oxygens (including phenoxy) is 2. The molecular weight excluding hydrogens is 393 g/mol. The summed E-state index contributed by atoms with van der Waals surface area (Å²) in [5.41, 5.74) is 0.874. The van der Waals surface area contributed by atoms with Gasteiger partial charge in [0, 0.05) is 17.7 Å². The Morgan fingerprint density at radius 1 is 0.963 bits per heavy atom. The third-order valence-corrected chi connectivity index (χ3v) is 4.27. The first kappa shape index (κ1) is 20.7. The summed E-state index contributed by atoms with van der Waals surface area (Å²) in [7, 11) is 1.52. The van der Waals surface area contributed by atoms with Crippen LogP contribution in [0.25, 0.3) is 0 Å². The maximum atomic E-state index is 12.0. The number of hydrogen-bond acceptors (Lipinski definition) is 5. The number of esters is 1. The number of halogens is 2. The van der Waals surface area contributed by atoms with Gasteiger partial charge in [0.2, 0.25) is 5.91 Å². The van der Waals surface area contributed by atoms with Gasteiger partial charge in [0.25, 0.3) is 0 Å². The number of anilines is 1. The molecule has 1 amide bonds. The molecule has 0 aliphatic carbocycles. The molecule has 0 unspecified atom stereocenters. The molecule has 0 fully saturated rings. The monoisotopic (exact) mass is 409 g/mol. The summed E-state index contributed by atoms with van der Waals surface area (Å²) < 4.78 is 9.92. The Kier molecular flexibility index (Phi) is 7.64. The van der Waals surface area contributed by atoms with Crippen molar-refractivity contribution >= 4 is 46.5 Å². The van der Waals surface area contributed by atoms with Crippen LogP contribution in [0.15, 0.2) is 42.5 Å². The van der Waals surface area contributed by atoms with Gasteiger partial charge < -0.3 is 14.8 Å². The predicted octanol–water partition coefficient (Wildman–Crippen LogP) is 4.15. The largest absolute Gasteiger partial charge is 0.497 e. The van der Waals surface area contributed by atoms with Crippen LogP contribution >= 0.6 is 23.2 Å². The van der Waals surface area contributed by atoms with Crippen molar-refractivity contribution in [2.24, 2.45) is 0 Å². The zero-order valence-electron chi connectivity index (χ0n) is 14.5. The fraction of sp³-hybridized carbons (Fsp3) is 0.211. The third kappa shape index (κ3) is 6.58. The van der Waals surface area contributed by atoms with Gasteiger partial charge in [-0.05, 0) is 42.5 Å². The number of rotatable bonds is 8. The standard InChI is InChI=1S/C19H17Cl2NO5/c1-26-14-5-2-12(3-6-14)17(23)11-27-19(25)9-8-18(24)22-13-4-7-15(20)16(21)10-13/h2-7,10H,8-9,11H2,1H3,(H,22,24). The highest BCUT2D eigenvalue weighted by molar-refractivity contribution is 6.42. The van der Waals surface area contributed by atoms with Crippen molar-refractivity contribution in [3.05, 3.63) is 58.1 Å². The van der Waals surface area contributed by atoms with Crippen molar-refractivity contribution in [2.45, 2.75) is 12.8 Å². The topological polar surface area (TPSA) is 81.7 Å². The molecule has 0 atom stereocenters. The Balaban J connectivity index is 1.74. The smallest absolute Gasteiger partial charge is 0.306 e. The highest BCUT2D eigenvalue weighted by Gasteiger charge is 2.12. The van der Waals surface area contributed by atoms with Gasteiger partial charge in [-0.15, -0.1) is 0 Å². The molecule has 2 rings (SSSR count). The van der Waals surface area contributed by atoms with E-state index in [1.807, 2.05) is 0 Å². The number of Topliss-reactive ketones (excluding diaryl/α,β-unsaturated/α-hetero) is 1.